The predicted molar refractivity (Wildman–Crippen MR) is 73.4 cm³/mol. The third-order valence-electron chi connectivity index (χ3n) is 3.46. The van der Waals surface area contributed by atoms with E-state index in [1.165, 1.54) is 5.56 Å². The van der Waals surface area contributed by atoms with Crippen LogP contribution in [0.2, 0.25) is 0 Å². The second-order valence-corrected chi connectivity index (χ2v) is 4.98. The fourth-order valence-corrected chi connectivity index (χ4v) is 2.50. The van der Waals surface area contributed by atoms with Crippen LogP contribution in [0, 0.1) is 6.92 Å². The molecule has 2 aromatic rings. The number of hydrogen-bond donors (Lipinski definition) is 1. The molecule has 3 nitrogen and oxygen atoms in total. The maximum Gasteiger partial charge on any atom is 0.338 e. The largest absolute Gasteiger partial charge is 0.478 e. The highest BCUT2D eigenvalue weighted by molar-refractivity contribution is 6.04. The predicted octanol–water partition coefficient (Wildman–Crippen LogP) is 3.79. The molecule has 1 aromatic carbocycles. The molecule has 1 N–H and O–H groups in total. The lowest BCUT2D eigenvalue weighted by Gasteiger charge is -2.07. The summed E-state index contributed by atoms with van der Waals surface area (Å²) in [7, 11) is 0. The van der Waals surface area contributed by atoms with E-state index in [4.69, 9.17) is 0 Å². The molecular weight excluding hydrogens is 226 g/mol. The van der Waals surface area contributed by atoms with Crippen LogP contribution >= 0.6 is 0 Å². The number of carbonyl (C=O) groups is 1. The van der Waals surface area contributed by atoms with Crippen molar-refractivity contribution in [1.29, 1.82) is 0 Å². The molecule has 0 aliphatic rings. The summed E-state index contributed by atoms with van der Waals surface area (Å²) in [4.78, 5) is 11.5. The number of aryl methyl sites for hydroxylation is 2. The minimum Gasteiger partial charge on any atom is -0.478 e. The van der Waals surface area contributed by atoms with Crippen LogP contribution in [-0.4, -0.2) is 15.6 Å². The van der Waals surface area contributed by atoms with Gasteiger partial charge in [0.2, 0.25) is 0 Å². The third kappa shape index (κ3) is 1.80. The van der Waals surface area contributed by atoms with E-state index in [1.54, 1.807) is 0 Å². The molecule has 0 unspecified atom stereocenters. The van der Waals surface area contributed by atoms with Crippen molar-refractivity contribution in [3.05, 3.63) is 35.0 Å². The first-order chi connectivity index (χ1) is 8.47. The molecule has 0 atom stereocenters. The molecule has 0 bridgehead atoms. The lowest BCUT2D eigenvalue weighted by molar-refractivity contribution is 0.0698. The zero-order valence-corrected chi connectivity index (χ0v) is 11.3. The van der Waals surface area contributed by atoms with Crippen molar-refractivity contribution >= 4 is 16.9 Å². The Morgan fingerprint density at radius 1 is 1.39 bits per heavy atom. The highest BCUT2D eigenvalue weighted by atomic mass is 16.4. The molecule has 3 heteroatoms. The van der Waals surface area contributed by atoms with Crippen LogP contribution < -0.4 is 0 Å². The first-order valence-electron chi connectivity index (χ1n) is 6.33. The van der Waals surface area contributed by atoms with Gasteiger partial charge in [0, 0.05) is 18.1 Å². The summed E-state index contributed by atoms with van der Waals surface area (Å²) < 4.78 is 2.04. The summed E-state index contributed by atoms with van der Waals surface area (Å²) >= 11 is 0. The van der Waals surface area contributed by atoms with Gasteiger partial charge < -0.3 is 9.67 Å². The number of aromatic carboxylic acids is 1. The number of hydrogen-bond acceptors (Lipinski definition) is 1. The molecule has 0 amide bonds. The van der Waals surface area contributed by atoms with Crippen molar-refractivity contribution in [1.82, 2.24) is 4.57 Å². The van der Waals surface area contributed by atoms with Gasteiger partial charge in [-0.3, -0.25) is 0 Å². The molecule has 0 saturated carbocycles. The molecule has 18 heavy (non-hydrogen) atoms. The van der Waals surface area contributed by atoms with Crippen molar-refractivity contribution < 1.29 is 9.90 Å². The van der Waals surface area contributed by atoms with Crippen LogP contribution in [0.15, 0.2) is 18.3 Å². The topological polar surface area (TPSA) is 42.2 Å². The summed E-state index contributed by atoms with van der Waals surface area (Å²) in [6.07, 6.45) is 2.08. The number of fused-ring (bicyclic) bond motifs is 1. The van der Waals surface area contributed by atoms with Crippen LogP contribution in [0.1, 0.15) is 48.2 Å². The van der Waals surface area contributed by atoms with Crippen LogP contribution in [0.3, 0.4) is 0 Å². The maximum absolute atomic E-state index is 11.5. The number of carboxylic acids is 1. The van der Waals surface area contributed by atoms with E-state index < -0.39 is 5.97 Å². The molecule has 0 aliphatic carbocycles. The van der Waals surface area contributed by atoms with Crippen molar-refractivity contribution in [2.75, 3.05) is 0 Å². The number of benzene rings is 1. The normalized spacial score (nSPS) is 11.4. The van der Waals surface area contributed by atoms with Gasteiger partial charge >= 0.3 is 5.97 Å². The summed E-state index contributed by atoms with van der Waals surface area (Å²) in [6.45, 7) is 8.94. The fourth-order valence-electron chi connectivity index (χ4n) is 2.50. The van der Waals surface area contributed by atoms with E-state index in [2.05, 4.69) is 20.0 Å². The van der Waals surface area contributed by atoms with Gasteiger partial charge in [0.05, 0.1) is 11.1 Å². The quantitative estimate of drug-likeness (QED) is 0.893. The molecular formula is C15H19NO2. The number of rotatable bonds is 3. The Kier molecular flexibility index (Phi) is 3.16. The summed E-state index contributed by atoms with van der Waals surface area (Å²) in [6, 6.07) is 3.94. The highest BCUT2D eigenvalue weighted by Gasteiger charge is 2.19. The van der Waals surface area contributed by atoms with Gasteiger partial charge in [-0.1, -0.05) is 26.0 Å². The Morgan fingerprint density at radius 2 is 2.06 bits per heavy atom. The Hall–Kier alpha value is -1.77. The van der Waals surface area contributed by atoms with Gasteiger partial charge in [0.25, 0.3) is 0 Å². The average Bonchev–Trinajstić information content (AvgIpc) is 2.66. The lowest BCUT2D eigenvalue weighted by Crippen LogP contribution is -2.04. The molecule has 2 rings (SSSR count). The van der Waals surface area contributed by atoms with E-state index in [1.807, 2.05) is 30.5 Å². The molecule has 96 valence electrons. The van der Waals surface area contributed by atoms with Gasteiger partial charge in [0.15, 0.2) is 0 Å². The van der Waals surface area contributed by atoms with Gasteiger partial charge in [-0.15, -0.1) is 0 Å². The Bertz CT molecular complexity index is 608. The SMILES string of the molecule is CCn1cc(C(C)C)c2ccc(C)c(C(=O)O)c21. The molecule has 0 fully saturated rings. The van der Waals surface area contributed by atoms with Crippen molar-refractivity contribution in [2.45, 2.75) is 40.2 Å². The summed E-state index contributed by atoms with van der Waals surface area (Å²) in [5, 5.41) is 10.5. The third-order valence-corrected chi connectivity index (χ3v) is 3.46. The Morgan fingerprint density at radius 3 is 2.56 bits per heavy atom. The maximum atomic E-state index is 11.5. The van der Waals surface area contributed by atoms with Crippen LogP contribution in [0.5, 0.6) is 0 Å². The van der Waals surface area contributed by atoms with Crippen LogP contribution in [-0.2, 0) is 6.54 Å². The number of nitrogens with zero attached hydrogens (tertiary/aromatic N) is 1. The Labute approximate surface area is 107 Å². The minimum absolute atomic E-state index is 0.393. The molecule has 0 saturated heterocycles. The van der Waals surface area contributed by atoms with E-state index in [-0.39, 0.29) is 0 Å². The van der Waals surface area contributed by atoms with Gasteiger partial charge in [-0.2, -0.15) is 0 Å². The van der Waals surface area contributed by atoms with E-state index in [9.17, 15) is 9.90 Å². The summed E-state index contributed by atoms with van der Waals surface area (Å²) in [5.74, 6) is -0.453. The molecule has 1 aromatic heterocycles. The number of aromatic nitrogens is 1. The number of carboxylic acid groups (broad SMARTS) is 1. The van der Waals surface area contributed by atoms with E-state index in [0.717, 1.165) is 23.0 Å². The fraction of sp³-hybridized carbons (Fsp3) is 0.400. The van der Waals surface area contributed by atoms with E-state index in [0.29, 0.717) is 11.5 Å². The monoisotopic (exact) mass is 245 g/mol. The van der Waals surface area contributed by atoms with Crippen molar-refractivity contribution in [3.63, 3.8) is 0 Å². The molecule has 0 radical (unpaired) electrons. The van der Waals surface area contributed by atoms with Crippen molar-refractivity contribution in [2.24, 2.45) is 0 Å². The van der Waals surface area contributed by atoms with Gasteiger partial charge in [-0.05, 0) is 30.9 Å². The zero-order chi connectivity index (χ0) is 13.4. The average molecular weight is 245 g/mol. The second-order valence-electron chi connectivity index (χ2n) is 4.98. The zero-order valence-electron chi connectivity index (χ0n) is 11.3. The molecule has 0 spiro atoms. The Balaban J connectivity index is 2.91. The highest BCUT2D eigenvalue weighted by Crippen LogP contribution is 2.31. The molecule has 0 aliphatic heterocycles. The standard InChI is InChI=1S/C15H19NO2/c1-5-16-8-12(9(2)3)11-7-6-10(4)13(14(11)16)15(17)18/h6-9H,5H2,1-4H3,(H,17,18). The molecule has 1 heterocycles. The first-order valence-corrected chi connectivity index (χ1v) is 6.33. The summed E-state index contributed by atoms with van der Waals surface area (Å²) in [5.41, 5.74) is 3.32. The lowest BCUT2D eigenvalue weighted by atomic mass is 9.99. The second kappa shape index (κ2) is 4.48. The first kappa shape index (κ1) is 12.7. The van der Waals surface area contributed by atoms with Crippen LogP contribution in [0.4, 0.5) is 0 Å². The van der Waals surface area contributed by atoms with Gasteiger partial charge in [-0.25, -0.2) is 4.79 Å². The van der Waals surface area contributed by atoms with Gasteiger partial charge in [0.1, 0.15) is 0 Å². The van der Waals surface area contributed by atoms with Crippen LogP contribution in [0.25, 0.3) is 10.9 Å². The smallest absolute Gasteiger partial charge is 0.338 e. The van der Waals surface area contributed by atoms with Crippen molar-refractivity contribution in [3.8, 4) is 0 Å². The van der Waals surface area contributed by atoms with E-state index >= 15 is 0 Å². The minimum atomic E-state index is -0.846.